The van der Waals surface area contributed by atoms with Crippen LogP contribution in [-0.2, 0) is 0 Å². The maximum atomic E-state index is 14.0. The summed E-state index contributed by atoms with van der Waals surface area (Å²) in [7, 11) is 1.30. The molecule has 0 radical (unpaired) electrons. The van der Waals surface area contributed by atoms with Crippen molar-refractivity contribution in [3.63, 3.8) is 0 Å². The zero-order valence-electron chi connectivity index (χ0n) is 10.5. The van der Waals surface area contributed by atoms with E-state index in [4.69, 9.17) is 10.5 Å². The molecule has 1 atom stereocenters. The molecular weight excluding hydrogens is 335 g/mol. The molecule has 0 fully saturated rings. The number of ether oxygens (including phenoxy) is 1. The Balaban J connectivity index is 2.53. The molecule has 2 aromatic carbocycles. The Morgan fingerprint density at radius 3 is 2.25 bits per heavy atom. The lowest BCUT2D eigenvalue weighted by atomic mass is 9.98. The van der Waals surface area contributed by atoms with Gasteiger partial charge in [0.2, 0.25) is 0 Å². The lowest BCUT2D eigenvalue weighted by Crippen LogP contribution is -2.16. The van der Waals surface area contributed by atoms with Crippen molar-refractivity contribution in [3.8, 4) is 5.75 Å². The van der Waals surface area contributed by atoms with Gasteiger partial charge in [0.25, 0.3) is 0 Å². The fourth-order valence-corrected chi connectivity index (χ4v) is 2.38. The molecule has 0 saturated heterocycles. The van der Waals surface area contributed by atoms with E-state index in [2.05, 4.69) is 15.9 Å². The highest BCUT2D eigenvalue weighted by Crippen LogP contribution is 2.32. The zero-order valence-corrected chi connectivity index (χ0v) is 12.0. The van der Waals surface area contributed by atoms with E-state index in [0.29, 0.717) is 4.47 Å². The Labute approximate surface area is 122 Å². The third kappa shape index (κ3) is 2.81. The smallest absolute Gasteiger partial charge is 0.134 e. The van der Waals surface area contributed by atoms with Gasteiger partial charge in [-0.2, -0.15) is 0 Å². The fraction of sp³-hybridized carbons (Fsp3) is 0.143. The third-order valence-electron chi connectivity index (χ3n) is 2.89. The molecule has 1 unspecified atom stereocenters. The van der Waals surface area contributed by atoms with E-state index in [1.165, 1.54) is 19.2 Å². The summed E-state index contributed by atoms with van der Waals surface area (Å²) in [6.07, 6.45) is 0. The van der Waals surface area contributed by atoms with E-state index in [0.717, 1.165) is 18.2 Å². The standard InChI is InChI=1S/C14H11BrF3NO/c1-20-8-5-11(17)13(12(18)6-8)14(19)9-4-7(16)2-3-10(9)15/h2-6,14H,19H2,1H3. The minimum Gasteiger partial charge on any atom is -0.497 e. The number of methoxy groups -OCH3 is 1. The van der Waals surface area contributed by atoms with E-state index < -0.39 is 23.5 Å². The van der Waals surface area contributed by atoms with E-state index in [9.17, 15) is 13.2 Å². The number of nitrogens with two attached hydrogens (primary N) is 1. The van der Waals surface area contributed by atoms with Gasteiger partial charge in [-0.25, -0.2) is 13.2 Å². The van der Waals surface area contributed by atoms with Crippen LogP contribution in [0.3, 0.4) is 0 Å². The molecule has 0 aliphatic rings. The maximum absolute atomic E-state index is 14.0. The summed E-state index contributed by atoms with van der Waals surface area (Å²) in [4.78, 5) is 0. The summed E-state index contributed by atoms with van der Waals surface area (Å²) >= 11 is 3.19. The summed E-state index contributed by atoms with van der Waals surface area (Å²) < 4.78 is 46.4. The largest absolute Gasteiger partial charge is 0.497 e. The van der Waals surface area contributed by atoms with E-state index in [-0.39, 0.29) is 16.9 Å². The van der Waals surface area contributed by atoms with E-state index in [1.807, 2.05) is 0 Å². The maximum Gasteiger partial charge on any atom is 0.134 e. The van der Waals surface area contributed by atoms with Crippen molar-refractivity contribution < 1.29 is 17.9 Å². The third-order valence-corrected chi connectivity index (χ3v) is 3.61. The molecule has 0 aliphatic heterocycles. The van der Waals surface area contributed by atoms with Gasteiger partial charge in [-0.1, -0.05) is 15.9 Å². The van der Waals surface area contributed by atoms with Crippen LogP contribution in [0, 0.1) is 17.5 Å². The van der Waals surface area contributed by atoms with Gasteiger partial charge in [0, 0.05) is 22.2 Å². The molecule has 0 aromatic heterocycles. The second-order valence-electron chi connectivity index (χ2n) is 4.15. The topological polar surface area (TPSA) is 35.2 Å². The second-order valence-corrected chi connectivity index (χ2v) is 5.00. The molecule has 0 saturated carbocycles. The van der Waals surface area contributed by atoms with Gasteiger partial charge in [-0.15, -0.1) is 0 Å². The number of hydrogen-bond donors (Lipinski definition) is 1. The quantitative estimate of drug-likeness (QED) is 0.914. The fourth-order valence-electron chi connectivity index (χ4n) is 1.88. The first-order valence-corrected chi connectivity index (χ1v) is 6.46. The van der Waals surface area contributed by atoms with Crippen LogP contribution in [0.15, 0.2) is 34.8 Å². The molecule has 106 valence electrons. The molecule has 0 spiro atoms. The van der Waals surface area contributed by atoms with Gasteiger partial charge < -0.3 is 10.5 Å². The molecule has 0 bridgehead atoms. The zero-order chi connectivity index (χ0) is 14.9. The first kappa shape index (κ1) is 14.9. The molecule has 6 heteroatoms. The average Bonchev–Trinajstić information content (AvgIpc) is 2.40. The summed E-state index contributed by atoms with van der Waals surface area (Å²) in [5.41, 5.74) is 5.78. The van der Waals surface area contributed by atoms with Gasteiger partial charge in [-0.05, 0) is 23.8 Å². The Hall–Kier alpha value is -1.53. The van der Waals surface area contributed by atoms with Gasteiger partial charge >= 0.3 is 0 Å². The Morgan fingerprint density at radius 1 is 1.10 bits per heavy atom. The monoisotopic (exact) mass is 345 g/mol. The number of halogens is 4. The highest BCUT2D eigenvalue weighted by Gasteiger charge is 2.22. The first-order chi connectivity index (χ1) is 9.43. The number of hydrogen-bond acceptors (Lipinski definition) is 2. The van der Waals surface area contributed by atoms with Crippen molar-refractivity contribution in [1.82, 2.24) is 0 Å². The van der Waals surface area contributed by atoms with Gasteiger partial charge in [0.15, 0.2) is 0 Å². The van der Waals surface area contributed by atoms with Crippen LogP contribution in [0.1, 0.15) is 17.2 Å². The predicted molar refractivity (Wildman–Crippen MR) is 73.0 cm³/mol. The summed E-state index contributed by atoms with van der Waals surface area (Å²) in [5.74, 6) is -2.17. The number of rotatable bonds is 3. The first-order valence-electron chi connectivity index (χ1n) is 5.67. The molecule has 2 rings (SSSR count). The SMILES string of the molecule is COc1cc(F)c(C(N)c2cc(F)ccc2Br)c(F)c1. The summed E-state index contributed by atoms with van der Waals surface area (Å²) in [6, 6.07) is 4.73. The Kier molecular flexibility index (Phi) is 4.35. The highest BCUT2D eigenvalue weighted by molar-refractivity contribution is 9.10. The molecule has 2 N–H and O–H groups in total. The van der Waals surface area contributed by atoms with Crippen molar-refractivity contribution in [3.05, 3.63) is 63.4 Å². The van der Waals surface area contributed by atoms with Crippen LogP contribution >= 0.6 is 15.9 Å². The Morgan fingerprint density at radius 2 is 1.70 bits per heavy atom. The van der Waals surface area contributed by atoms with Crippen LogP contribution in [0.4, 0.5) is 13.2 Å². The predicted octanol–water partition coefficient (Wildman–Crippen LogP) is 3.92. The Bertz CT molecular complexity index is 625. The molecule has 0 amide bonds. The molecule has 0 aliphatic carbocycles. The van der Waals surface area contributed by atoms with Crippen molar-refractivity contribution in [1.29, 1.82) is 0 Å². The molecular formula is C14H11BrF3NO. The van der Waals surface area contributed by atoms with Gasteiger partial charge in [0.05, 0.1) is 13.2 Å². The van der Waals surface area contributed by atoms with E-state index in [1.54, 1.807) is 0 Å². The second kappa shape index (κ2) is 5.85. The van der Waals surface area contributed by atoms with Crippen molar-refractivity contribution in [2.24, 2.45) is 5.73 Å². The van der Waals surface area contributed by atoms with Crippen LogP contribution in [0.25, 0.3) is 0 Å². The van der Waals surface area contributed by atoms with Gasteiger partial charge in [0.1, 0.15) is 23.2 Å². The lowest BCUT2D eigenvalue weighted by Gasteiger charge is -2.17. The van der Waals surface area contributed by atoms with Gasteiger partial charge in [-0.3, -0.25) is 0 Å². The van der Waals surface area contributed by atoms with Crippen LogP contribution < -0.4 is 10.5 Å². The van der Waals surface area contributed by atoms with Crippen molar-refractivity contribution in [2.45, 2.75) is 6.04 Å². The summed E-state index contributed by atoms with van der Waals surface area (Å²) in [6.45, 7) is 0. The minimum atomic E-state index is -1.13. The summed E-state index contributed by atoms with van der Waals surface area (Å²) in [5, 5.41) is 0. The van der Waals surface area contributed by atoms with Crippen molar-refractivity contribution in [2.75, 3.05) is 7.11 Å². The molecule has 0 heterocycles. The van der Waals surface area contributed by atoms with Crippen LogP contribution in [0.5, 0.6) is 5.75 Å². The van der Waals surface area contributed by atoms with Crippen LogP contribution in [-0.4, -0.2) is 7.11 Å². The minimum absolute atomic E-state index is 0.0502. The lowest BCUT2D eigenvalue weighted by molar-refractivity contribution is 0.404. The average molecular weight is 346 g/mol. The normalized spacial score (nSPS) is 12.3. The van der Waals surface area contributed by atoms with Crippen LogP contribution in [0.2, 0.25) is 0 Å². The van der Waals surface area contributed by atoms with E-state index >= 15 is 0 Å². The molecule has 2 aromatic rings. The molecule has 20 heavy (non-hydrogen) atoms. The highest BCUT2D eigenvalue weighted by atomic mass is 79.9. The van der Waals surface area contributed by atoms with Crippen molar-refractivity contribution >= 4 is 15.9 Å². The number of benzene rings is 2. The molecule has 2 nitrogen and oxygen atoms in total.